The highest BCUT2D eigenvalue weighted by atomic mass is 16.4. The third-order valence-corrected chi connectivity index (χ3v) is 4.12. The minimum atomic E-state index is -0.918. The molecule has 20 heavy (non-hydrogen) atoms. The van der Waals surface area contributed by atoms with Crippen molar-refractivity contribution in [2.75, 3.05) is 13.6 Å². The van der Waals surface area contributed by atoms with Crippen molar-refractivity contribution >= 4 is 16.9 Å². The van der Waals surface area contributed by atoms with Crippen LogP contribution in [0.15, 0.2) is 28.7 Å². The molecule has 4 nitrogen and oxygen atoms in total. The number of nitrogens with zero attached hydrogens (tertiary/aromatic N) is 1. The smallest absolute Gasteiger partial charge is 0.339 e. The van der Waals surface area contributed by atoms with E-state index in [9.17, 15) is 9.90 Å². The third kappa shape index (κ3) is 2.43. The normalized spacial score (nSPS) is 21.6. The molecule has 3 rings (SSSR count). The first-order valence-electron chi connectivity index (χ1n) is 6.98. The van der Waals surface area contributed by atoms with Crippen LogP contribution in [0.2, 0.25) is 0 Å². The van der Waals surface area contributed by atoms with Gasteiger partial charge in [0.2, 0.25) is 0 Å². The standard InChI is InChI=1S/C16H19NO3/c1-10-7-11(10)8-17(2)9-14-15(16(18)19)12-5-3-4-6-13(12)20-14/h3-6,10-11H,7-9H2,1-2H3,(H,18,19). The Labute approximate surface area is 118 Å². The van der Waals surface area contributed by atoms with Crippen LogP contribution in [0.1, 0.15) is 29.5 Å². The topological polar surface area (TPSA) is 53.7 Å². The summed E-state index contributed by atoms with van der Waals surface area (Å²) in [5, 5.41) is 10.1. The summed E-state index contributed by atoms with van der Waals surface area (Å²) in [7, 11) is 2.02. The maximum absolute atomic E-state index is 11.5. The lowest BCUT2D eigenvalue weighted by atomic mass is 10.1. The maximum Gasteiger partial charge on any atom is 0.339 e. The van der Waals surface area contributed by atoms with Crippen LogP contribution in [-0.4, -0.2) is 29.6 Å². The van der Waals surface area contributed by atoms with Crippen molar-refractivity contribution in [3.63, 3.8) is 0 Å². The third-order valence-electron chi connectivity index (χ3n) is 4.12. The average Bonchev–Trinajstić information content (AvgIpc) is 2.95. The molecule has 1 aromatic heterocycles. The predicted octanol–water partition coefficient (Wildman–Crippen LogP) is 3.22. The quantitative estimate of drug-likeness (QED) is 0.908. The zero-order valence-corrected chi connectivity index (χ0v) is 11.8. The number of hydrogen-bond acceptors (Lipinski definition) is 3. The number of carboxylic acid groups (broad SMARTS) is 1. The van der Waals surface area contributed by atoms with Gasteiger partial charge in [-0.25, -0.2) is 4.79 Å². The Morgan fingerprint density at radius 2 is 2.15 bits per heavy atom. The summed E-state index contributed by atoms with van der Waals surface area (Å²) in [6.45, 7) is 3.79. The minimum absolute atomic E-state index is 0.302. The molecule has 0 amide bonds. The van der Waals surface area contributed by atoms with E-state index in [4.69, 9.17) is 4.42 Å². The van der Waals surface area contributed by atoms with Gasteiger partial charge in [-0.05, 0) is 31.4 Å². The zero-order valence-electron chi connectivity index (χ0n) is 11.8. The van der Waals surface area contributed by atoms with E-state index < -0.39 is 5.97 Å². The first kappa shape index (κ1) is 13.2. The van der Waals surface area contributed by atoms with Crippen molar-refractivity contribution < 1.29 is 14.3 Å². The molecule has 1 fully saturated rings. The Hall–Kier alpha value is -1.81. The van der Waals surface area contributed by atoms with Crippen LogP contribution in [0, 0.1) is 11.8 Å². The number of carbonyl (C=O) groups is 1. The zero-order chi connectivity index (χ0) is 14.3. The van der Waals surface area contributed by atoms with E-state index in [1.807, 2.05) is 25.2 Å². The summed E-state index contributed by atoms with van der Waals surface area (Å²) >= 11 is 0. The molecule has 2 atom stereocenters. The van der Waals surface area contributed by atoms with Gasteiger partial charge in [0.1, 0.15) is 16.9 Å². The van der Waals surface area contributed by atoms with Crippen molar-refractivity contribution in [1.29, 1.82) is 0 Å². The number of rotatable bonds is 5. The van der Waals surface area contributed by atoms with Crippen LogP contribution in [0.25, 0.3) is 11.0 Å². The SMILES string of the molecule is CC1CC1CN(C)Cc1oc2ccccc2c1C(=O)O. The molecule has 2 unspecified atom stereocenters. The molecule has 1 N–H and O–H groups in total. The molecule has 4 heteroatoms. The second-order valence-corrected chi connectivity index (χ2v) is 5.87. The van der Waals surface area contributed by atoms with Crippen molar-refractivity contribution in [3.8, 4) is 0 Å². The molecule has 106 valence electrons. The molecular weight excluding hydrogens is 254 g/mol. The number of aromatic carboxylic acids is 1. The highest BCUT2D eigenvalue weighted by Crippen LogP contribution is 2.38. The fourth-order valence-corrected chi connectivity index (χ4v) is 2.81. The fraction of sp³-hybridized carbons (Fsp3) is 0.438. The lowest BCUT2D eigenvalue weighted by molar-refractivity contribution is 0.0695. The number of carboxylic acids is 1. The molecule has 1 aliphatic rings. The van der Waals surface area contributed by atoms with Crippen molar-refractivity contribution in [3.05, 3.63) is 35.6 Å². The molecule has 0 saturated heterocycles. The van der Waals surface area contributed by atoms with Crippen LogP contribution >= 0.6 is 0 Å². The first-order valence-corrected chi connectivity index (χ1v) is 6.98. The van der Waals surface area contributed by atoms with Gasteiger partial charge in [-0.1, -0.05) is 25.1 Å². The summed E-state index contributed by atoms with van der Waals surface area (Å²) in [6, 6.07) is 7.31. The van der Waals surface area contributed by atoms with E-state index in [1.165, 1.54) is 6.42 Å². The van der Waals surface area contributed by atoms with E-state index in [0.29, 0.717) is 28.8 Å². The molecule has 0 aliphatic heterocycles. The molecule has 2 aromatic rings. The van der Waals surface area contributed by atoms with Crippen LogP contribution in [0.4, 0.5) is 0 Å². The highest BCUT2D eigenvalue weighted by Gasteiger charge is 2.33. The van der Waals surface area contributed by atoms with Gasteiger partial charge in [0, 0.05) is 11.9 Å². The van der Waals surface area contributed by atoms with Gasteiger partial charge >= 0.3 is 5.97 Å². The van der Waals surface area contributed by atoms with Crippen LogP contribution in [-0.2, 0) is 6.54 Å². The van der Waals surface area contributed by atoms with Gasteiger partial charge in [-0.3, -0.25) is 4.90 Å². The highest BCUT2D eigenvalue weighted by molar-refractivity contribution is 6.03. The van der Waals surface area contributed by atoms with Crippen molar-refractivity contribution in [2.45, 2.75) is 19.9 Å². The number of fused-ring (bicyclic) bond motifs is 1. The molecule has 1 saturated carbocycles. The Balaban J connectivity index is 1.86. The molecule has 0 radical (unpaired) electrons. The monoisotopic (exact) mass is 273 g/mol. The summed E-state index contributed by atoms with van der Waals surface area (Å²) in [6.07, 6.45) is 1.27. The fourth-order valence-electron chi connectivity index (χ4n) is 2.81. The van der Waals surface area contributed by atoms with E-state index in [-0.39, 0.29) is 0 Å². The van der Waals surface area contributed by atoms with Gasteiger partial charge in [-0.2, -0.15) is 0 Å². The van der Waals surface area contributed by atoms with E-state index >= 15 is 0 Å². The number of benzene rings is 1. The Kier molecular flexibility index (Phi) is 3.26. The molecule has 1 aliphatic carbocycles. The number of para-hydroxylation sites is 1. The first-order chi connectivity index (χ1) is 9.56. The molecule has 1 heterocycles. The Bertz CT molecular complexity index is 646. The summed E-state index contributed by atoms with van der Waals surface area (Å²) < 4.78 is 5.74. The van der Waals surface area contributed by atoms with Crippen molar-refractivity contribution in [2.24, 2.45) is 11.8 Å². The maximum atomic E-state index is 11.5. The Morgan fingerprint density at radius 1 is 1.45 bits per heavy atom. The molecule has 0 spiro atoms. The van der Waals surface area contributed by atoms with Gasteiger partial charge < -0.3 is 9.52 Å². The van der Waals surface area contributed by atoms with E-state index in [2.05, 4.69) is 11.8 Å². The lowest BCUT2D eigenvalue weighted by Gasteiger charge is -2.15. The second-order valence-electron chi connectivity index (χ2n) is 5.87. The van der Waals surface area contributed by atoms with E-state index in [0.717, 1.165) is 18.4 Å². The predicted molar refractivity (Wildman–Crippen MR) is 76.8 cm³/mol. The molecule has 0 bridgehead atoms. The molecule has 1 aromatic carbocycles. The van der Waals surface area contributed by atoms with Gasteiger partial charge in [0.05, 0.1) is 6.54 Å². The summed E-state index contributed by atoms with van der Waals surface area (Å²) in [4.78, 5) is 13.6. The summed E-state index contributed by atoms with van der Waals surface area (Å²) in [5.74, 6) is 1.18. The van der Waals surface area contributed by atoms with Gasteiger partial charge in [-0.15, -0.1) is 0 Å². The molecular formula is C16H19NO3. The second kappa shape index (κ2) is 4.94. The summed E-state index contributed by atoms with van der Waals surface area (Å²) in [5.41, 5.74) is 0.949. The number of hydrogen-bond donors (Lipinski definition) is 1. The average molecular weight is 273 g/mol. The van der Waals surface area contributed by atoms with Crippen LogP contribution < -0.4 is 0 Å². The lowest BCUT2D eigenvalue weighted by Crippen LogP contribution is -2.21. The van der Waals surface area contributed by atoms with Crippen molar-refractivity contribution in [1.82, 2.24) is 4.90 Å². The Morgan fingerprint density at radius 3 is 2.80 bits per heavy atom. The van der Waals surface area contributed by atoms with Crippen LogP contribution in [0.5, 0.6) is 0 Å². The van der Waals surface area contributed by atoms with Gasteiger partial charge in [0.25, 0.3) is 0 Å². The number of furan rings is 1. The largest absolute Gasteiger partial charge is 0.478 e. The van der Waals surface area contributed by atoms with Gasteiger partial charge in [0.15, 0.2) is 0 Å². The van der Waals surface area contributed by atoms with E-state index in [1.54, 1.807) is 6.07 Å². The minimum Gasteiger partial charge on any atom is -0.478 e. The van der Waals surface area contributed by atoms with Crippen LogP contribution in [0.3, 0.4) is 0 Å².